The van der Waals surface area contributed by atoms with Crippen LogP contribution in [0.4, 0.5) is 5.69 Å². The SMILES string of the molecule is CC(=O)C(C(=O)O)N(C)c1ccc(C(C)C)cc1.Cc1ccccc1. The van der Waals surface area contributed by atoms with Crippen molar-refractivity contribution >= 4 is 17.4 Å². The Kier molecular flexibility index (Phi) is 7.86. The monoisotopic (exact) mass is 341 g/mol. The van der Waals surface area contributed by atoms with Crippen LogP contribution in [0.15, 0.2) is 54.6 Å². The van der Waals surface area contributed by atoms with Gasteiger partial charge in [0.15, 0.2) is 11.8 Å². The van der Waals surface area contributed by atoms with Crippen molar-refractivity contribution in [3.8, 4) is 0 Å². The normalized spacial score (nSPS) is 11.3. The van der Waals surface area contributed by atoms with Gasteiger partial charge in [0.25, 0.3) is 0 Å². The van der Waals surface area contributed by atoms with Gasteiger partial charge in [0, 0.05) is 12.7 Å². The lowest BCUT2D eigenvalue weighted by molar-refractivity contribution is -0.141. The smallest absolute Gasteiger partial charge is 0.334 e. The van der Waals surface area contributed by atoms with Crippen molar-refractivity contribution < 1.29 is 14.7 Å². The lowest BCUT2D eigenvalue weighted by Gasteiger charge is -2.25. The first kappa shape index (κ1) is 20.4. The molecule has 134 valence electrons. The molecule has 1 atom stereocenters. The van der Waals surface area contributed by atoms with E-state index < -0.39 is 12.0 Å². The highest BCUT2D eigenvalue weighted by atomic mass is 16.4. The Bertz CT molecular complexity index is 664. The van der Waals surface area contributed by atoms with Crippen LogP contribution in [0.1, 0.15) is 37.8 Å². The maximum atomic E-state index is 11.4. The van der Waals surface area contributed by atoms with Gasteiger partial charge in [-0.2, -0.15) is 0 Å². The summed E-state index contributed by atoms with van der Waals surface area (Å²) >= 11 is 0. The van der Waals surface area contributed by atoms with Crippen molar-refractivity contribution in [2.45, 2.75) is 39.7 Å². The van der Waals surface area contributed by atoms with Crippen molar-refractivity contribution in [3.05, 3.63) is 65.7 Å². The zero-order chi connectivity index (χ0) is 19.0. The molecule has 0 aromatic heterocycles. The molecular weight excluding hydrogens is 314 g/mol. The van der Waals surface area contributed by atoms with Crippen molar-refractivity contribution in [1.29, 1.82) is 0 Å². The number of likely N-dealkylation sites (N-methyl/N-ethyl adjacent to an activating group) is 1. The quantitative estimate of drug-likeness (QED) is 0.825. The van der Waals surface area contributed by atoms with Gasteiger partial charge >= 0.3 is 5.97 Å². The molecule has 0 radical (unpaired) electrons. The van der Waals surface area contributed by atoms with Gasteiger partial charge in [-0.15, -0.1) is 0 Å². The Balaban J connectivity index is 0.000000370. The third-order valence-electron chi connectivity index (χ3n) is 3.91. The molecule has 0 saturated carbocycles. The predicted molar refractivity (Wildman–Crippen MR) is 102 cm³/mol. The van der Waals surface area contributed by atoms with Crippen molar-refractivity contribution in [1.82, 2.24) is 0 Å². The fourth-order valence-electron chi connectivity index (χ4n) is 2.39. The molecule has 4 nitrogen and oxygen atoms in total. The van der Waals surface area contributed by atoms with Crippen molar-refractivity contribution in [2.75, 3.05) is 11.9 Å². The number of Topliss-reactive ketones (excluding diaryl/α,β-unsaturated/α-hetero) is 1. The van der Waals surface area contributed by atoms with Crippen LogP contribution < -0.4 is 4.90 Å². The van der Waals surface area contributed by atoms with E-state index in [2.05, 4.69) is 32.9 Å². The van der Waals surface area contributed by atoms with Crippen LogP contribution in [0.5, 0.6) is 0 Å². The molecule has 2 aromatic carbocycles. The summed E-state index contributed by atoms with van der Waals surface area (Å²) in [4.78, 5) is 23.9. The number of ketones is 1. The van der Waals surface area contributed by atoms with E-state index in [4.69, 9.17) is 5.11 Å². The highest BCUT2D eigenvalue weighted by Gasteiger charge is 2.27. The molecule has 2 rings (SSSR count). The zero-order valence-corrected chi connectivity index (χ0v) is 15.6. The maximum Gasteiger partial charge on any atom is 0.334 e. The van der Waals surface area contributed by atoms with Crippen molar-refractivity contribution in [3.63, 3.8) is 0 Å². The lowest BCUT2D eigenvalue weighted by Crippen LogP contribution is -2.43. The number of rotatable bonds is 5. The third-order valence-corrected chi connectivity index (χ3v) is 3.91. The van der Waals surface area contributed by atoms with E-state index in [9.17, 15) is 9.59 Å². The van der Waals surface area contributed by atoms with E-state index >= 15 is 0 Å². The van der Waals surface area contributed by atoms with Gasteiger partial charge in [-0.3, -0.25) is 4.79 Å². The van der Waals surface area contributed by atoms with Gasteiger partial charge in [-0.25, -0.2) is 4.79 Å². The zero-order valence-electron chi connectivity index (χ0n) is 15.6. The van der Waals surface area contributed by atoms with E-state index in [1.54, 1.807) is 7.05 Å². The average Bonchev–Trinajstić information content (AvgIpc) is 2.55. The molecule has 0 saturated heterocycles. The summed E-state index contributed by atoms with van der Waals surface area (Å²) in [5.41, 5.74) is 3.23. The number of nitrogens with zero attached hydrogens (tertiary/aromatic N) is 1. The second kappa shape index (κ2) is 9.62. The minimum absolute atomic E-state index is 0.377. The first-order chi connectivity index (χ1) is 11.7. The molecule has 0 fully saturated rings. The molecule has 1 N–H and O–H groups in total. The Morgan fingerprint density at radius 1 is 0.960 bits per heavy atom. The number of aryl methyl sites for hydroxylation is 1. The number of anilines is 1. The minimum Gasteiger partial charge on any atom is -0.479 e. The molecule has 4 heteroatoms. The molecule has 1 unspecified atom stereocenters. The molecule has 0 spiro atoms. The summed E-state index contributed by atoms with van der Waals surface area (Å²) in [5.74, 6) is -1.08. The van der Waals surface area contributed by atoms with Gasteiger partial charge in [-0.05, 0) is 37.5 Å². The molecule has 0 heterocycles. The van der Waals surface area contributed by atoms with E-state index in [-0.39, 0.29) is 5.78 Å². The maximum absolute atomic E-state index is 11.4. The van der Waals surface area contributed by atoms with Crippen molar-refractivity contribution in [2.24, 2.45) is 0 Å². The van der Waals surface area contributed by atoms with E-state index in [0.717, 1.165) is 5.69 Å². The van der Waals surface area contributed by atoms with Crippen LogP contribution in [0.3, 0.4) is 0 Å². The van der Waals surface area contributed by atoms with Crippen LogP contribution in [0.25, 0.3) is 0 Å². The van der Waals surface area contributed by atoms with Gasteiger partial charge in [0.05, 0.1) is 0 Å². The van der Waals surface area contributed by atoms with Gasteiger partial charge in [0.1, 0.15) is 0 Å². The first-order valence-electron chi connectivity index (χ1n) is 8.31. The molecule has 2 aromatic rings. The molecule has 0 aliphatic heterocycles. The third kappa shape index (κ3) is 6.42. The number of carbonyl (C=O) groups is 2. The van der Waals surface area contributed by atoms with Crippen LogP contribution in [0, 0.1) is 6.92 Å². The predicted octanol–water partition coefficient (Wildman–Crippen LogP) is 4.28. The van der Waals surface area contributed by atoms with Gasteiger partial charge < -0.3 is 10.0 Å². The lowest BCUT2D eigenvalue weighted by atomic mass is 10.0. The molecular formula is C21H27NO3. The summed E-state index contributed by atoms with van der Waals surface area (Å²) in [6, 6.07) is 16.7. The minimum atomic E-state index is -1.13. The summed E-state index contributed by atoms with van der Waals surface area (Å²) < 4.78 is 0. The number of benzene rings is 2. The highest BCUT2D eigenvalue weighted by Crippen LogP contribution is 2.21. The molecule has 0 aliphatic carbocycles. The molecule has 0 aliphatic rings. The van der Waals surface area contributed by atoms with Gasteiger partial charge in [0.2, 0.25) is 0 Å². The average molecular weight is 341 g/mol. The van der Waals surface area contributed by atoms with E-state index in [1.807, 2.05) is 42.5 Å². The van der Waals surface area contributed by atoms with Crippen LogP contribution in [-0.2, 0) is 9.59 Å². The second-order valence-electron chi connectivity index (χ2n) is 6.36. The molecule has 25 heavy (non-hydrogen) atoms. The Morgan fingerprint density at radius 2 is 1.48 bits per heavy atom. The number of carboxylic acid groups (broad SMARTS) is 1. The fourth-order valence-corrected chi connectivity index (χ4v) is 2.39. The van der Waals surface area contributed by atoms with Crippen LogP contribution in [0.2, 0.25) is 0 Å². The Hall–Kier alpha value is -2.62. The molecule has 0 bridgehead atoms. The van der Waals surface area contributed by atoms with E-state index in [1.165, 1.54) is 23.0 Å². The summed E-state index contributed by atoms with van der Waals surface area (Å²) in [7, 11) is 1.62. The Morgan fingerprint density at radius 3 is 1.80 bits per heavy atom. The standard InChI is InChI=1S/C14H19NO3.C7H8/c1-9(2)11-5-7-12(8-6-11)15(4)13(10(3)16)14(17)18;1-7-5-3-2-4-6-7/h5-9,13H,1-4H3,(H,17,18);2-6H,1H3. The van der Waals surface area contributed by atoms with Crippen LogP contribution >= 0.6 is 0 Å². The molecule has 0 amide bonds. The summed E-state index contributed by atoms with van der Waals surface area (Å²) in [5, 5.41) is 9.06. The summed E-state index contributed by atoms with van der Waals surface area (Å²) in [6.45, 7) is 7.56. The van der Waals surface area contributed by atoms with Gasteiger partial charge in [-0.1, -0.05) is 61.9 Å². The number of hydrogen-bond donors (Lipinski definition) is 1. The fraction of sp³-hybridized carbons (Fsp3) is 0.333. The van der Waals surface area contributed by atoms with E-state index in [0.29, 0.717) is 5.92 Å². The number of carbonyl (C=O) groups excluding carboxylic acids is 1. The number of carboxylic acids is 1. The number of aliphatic carboxylic acids is 1. The van der Waals surface area contributed by atoms with Crippen LogP contribution in [-0.4, -0.2) is 29.9 Å². The topological polar surface area (TPSA) is 57.6 Å². The second-order valence-corrected chi connectivity index (χ2v) is 6.36. The summed E-state index contributed by atoms with van der Waals surface area (Å²) in [6.07, 6.45) is 0. The number of hydrogen-bond acceptors (Lipinski definition) is 3. The largest absolute Gasteiger partial charge is 0.479 e. The first-order valence-corrected chi connectivity index (χ1v) is 8.31. The highest BCUT2D eigenvalue weighted by molar-refractivity contribution is 6.04. The Labute approximate surface area is 150 Å².